The van der Waals surface area contributed by atoms with Crippen LogP contribution in [0.25, 0.3) is 0 Å². The van der Waals surface area contributed by atoms with Crippen molar-refractivity contribution in [2.75, 3.05) is 0 Å². The van der Waals surface area contributed by atoms with Crippen LogP contribution in [0.5, 0.6) is 0 Å². The van der Waals surface area contributed by atoms with Gasteiger partial charge < -0.3 is 30.8 Å². The van der Waals surface area contributed by atoms with Gasteiger partial charge in [-0.05, 0) is 0 Å². The molecule has 1 radical (unpaired) electrons. The van der Waals surface area contributed by atoms with E-state index in [0.29, 0.717) is 0 Å². The summed E-state index contributed by atoms with van der Waals surface area (Å²) in [6.45, 7) is 0. The molecule has 12 heteroatoms. The second-order valence-corrected chi connectivity index (χ2v) is 3.08. The molecule has 0 bridgehead atoms. The Morgan fingerprint density at radius 1 is 0.750 bits per heavy atom. The number of hydrogen-bond acceptors (Lipinski definition) is 2. The Kier molecular flexibility index (Phi) is 17.3. The Morgan fingerprint density at radius 2 is 0.750 bits per heavy atom. The maximum absolute atomic E-state index is 8.88. The molecule has 0 unspecified atom stereocenters. The van der Waals surface area contributed by atoms with Gasteiger partial charge in [-0.3, -0.25) is 0 Å². The fourth-order valence-electron chi connectivity index (χ4n) is 0. The summed E-state index contributed by atoms with van der Waals surface area (Å²) in [6.07, 6.45) is 0. The van der Waals surface area contributed by atoms with Crippen molar-refractivity contribution in [2.45, 2.75) is 0 Å². The summed E-state index contributed by atoms with van der Waals surface area (Å²) in [5.41, 5.74) is 0. The molecule has 0 atom stereocenters. The quantitative estimate of drug-likeness (QED) is 0.189. The summed E-state index contributed by atoms with van der Waals surface area (Å²) in [7, 11) is -9.28. The molecule has 77 valence electrons. The van der Waals surface area contributed by atoms with Gasteiger partial charge in [0.15, 0.2) is 0 Å². The summed E-state index contributed by atoms with van der Waals surface area (Å²) in [5, 5.41) is 0. The fraction of sp³-hybridized carbons (Fsp3) is 0. The summed E-state index contributed by atoms with van der Waals surface area (Å²) >= 11 is 0. The number of phosphoric acid groups is 2. The molecular formula is H7CuLiO8P2. The second-order valence-electron chi connectivity index (χ2n) is 1.03. The van der Waals surface area contributed by atoms with Gasteiger partial charge >= 0.3 is 34.5 Å². The molecule has 0 aliphatic carbocycles. The minimum atomic E-state index is -4.64. The third-order valence-electron chi connectivity index (χ3n) is 0. The molecule has 0 aromatic heterocycles. The molecule has 6 N–H and O–H groups in total. The maximum atomic E-state index is 8.88. The Morgan fingerprint density at radius 3 is 0.750 bits per heavy atom. The standard InChI is InChI=1S/Cu.Li.2H3O4P.H/c;;2*1-5(2,3)4;/h;;2*(H3,1,2,3,4);/q;+1;;;-1. The molecule has 0 aromatic carbocycles. The predicted molar refractivity (Wildman–Crippen MR) is 29.6 cm³/mol. The van der Waals surface area contributed by atoms with E-state index in [0.717, 1.165) is 0 Å². The van der Waals surface area contributed by atoms with Crippen LogP contribution in [0.1, 0.15) is 1.43 Å². The smallest absolute Gasteiger partial charge is 1.00 e. The maximum Gasteiger partial charge on any atom is 1.00 e. The predicted octanol–water partition coefficient (Wildman–Crippen LogP) is -4.74. The van der Waals surface area contributed by atoms with Crippen LogP contribution < -0.4 is 18.9 Å². The molecule has 0 rings (SSSR count). The molecule has 0 amide bonds. The summed E-state index contributed by atoms with van der Waals surface area (Å²) < 4.78 is 17.8. The van der Waals surface area contributed by atoms with Gasteiger partial charge in [-0.15, -0.1) is 0 Å². The van der Waals surface area contributed by atoms with Gasteiger partial charge in [0, 0.05) is 17.1 Å². The third-order valence-corrected chi connectivity index (χ3v) is 0. The van der Waals surface area contributed by atoms with Gasteiger partial charge in [-0.1, -0.05) is 0 Å². The van der Waals surface area contributed by atoms with E-state index >= 15 is 0 Å². The van der Waals surface area contributed by atoms with Crippen molar-refractivity contribution in [1.82, 2.24) is 0 Å². The minimum Gasteiger partial charge on any atom is -1.00 e. The van der Waals surface area contributed by atoms with Crippen LogP contribution in [0.2, 0.25) is 0 Å². The zero-order valence-corrected chi connectivity index (χ0v) is 8.43. The zero-order valence-electron chi connectivity index (χ0n) is 6.70. The van der Waals surface area contributed by atoms with Crippen molar-refractivity contribution < 1.29 is 75.8 Å². The van der Waals surface area contributed by atoms with E-state index in [1.54, 1.807) is 0 Å². The first kappa shape index (κ1) is 23.3. The van der Waals surface area contributed by atoms with Crippen LogP contribution in [0.15, 0.2) is 0 Å². The van der Waals surface area contributed by atoms with Crippen molar-refractivity contribution in [3.05, 3.63) is 0 Å². The van der Waals surface area contributed by atoms with Crippen molar-refractivity contribution in [3.63, 3.8) is 0 Å². The van der Waals surface area contributed by atoms with Crippen molar-refractivity contribution in [1.29, 1.82) is 0 Å². The van der Waals surface area contributed by atoms with E-state index in [4.69, 9.17) is 38.5 Å². The van der Waals surface area contributed by atoms with Crippen molar-refractivity contribution in [3.8, 4) is 0 Å². The third kappa shape index (κ3) is 678. The molecule has 0 aromatic rings. The van der Waals surface area contributed by atoms with E-state index in [-0.39, 0.29) is 37.4 Å². The largest absolute Gasteiger partial charge is 1.00 e. The Balaban J connectivity index is -0.0000000267. The van der Waals surface area contributed by atoms with Gasteiger partial charge in [0.05, 0.1) is 0 Å². The van der Waals surface area contributed by atoms with Crippen LogP contribution in [0.4, 0.5) is 0 Å². The zero-order chi connectivity index (χ0) is 9.00. The first-order chi connectivity index (χ1) is 4.00. The molecule has 0 fully saturated rings. The molecule has 12 heavy (non-hydrogen) atoms. The van der Waals surface area contributed by atoms with Crippen LogP contribution in [0, 0.1) is 0 Å². The first-order valence-corrected chi connectivity index (χ1v) is 4.70. The van der Waals surface area contributed by atoms with E-state index in [9.17, 15) is 0 Å². The molecule has 0 saturated heterocycles. The SMILES string of the molecule is O=P(O)(O)O.O=P(O)(O)O.[Cu].[H-].[Li+]. The number of hydrogen-bond donors (Lipinski definition) is 6. The summed E-state index contributed by atoms with van der Waals surface area (Å²) in [4.78, 5) is 43.1. The summed E-state index contributed by atoms with van der Waals surface area (Å²) in [6, 6.07) is 0. The van der Waals surface area contributed by atoms with E-state index < -0.39 is 15.6 Å². The van der Waals surface area contributed by atoms with Gasteiger partial charge in [-0.2, -0.15) is 0 Å². The van der Waals surface area contributed by atoms with Gasteiger partial charge in [-0.25, -0.2) is 9.13 Å². The molecular weight excluding hydrogens is 260 g/mol. The van der Waals surface area contributed by atoms with E-state index in [1.807, 2.05) is 0 Å². The number of rotatable bonds is 0. The Bertz CT molecular complexity index is 134. The van der Waals surface area contributed by atoms with Crippen LogP contribution >= 0.6 is 15.6 Å². The van der Waals surface area contributed by atoms with Gasteiger partial charge in [0.2, 0.25) is 0 Å². The molecule has 0 aliphatic rings. The Labute approximate surface area is 91.6 Å². The monoisotopic (exact) mass is 267 g/mol. The van der Waals surface area contributed by atoms with Crippen molar-refractivity contribution >= 4 is 15.6 Å². The molecule has 8 nitrogen and oxygen atoms in total. The van der Waals surface area contributed by atoms with Crippen LogP contribution in [-0.2, 0) is 26.2 Å². The fourth-order valence-corrected chi connectivity index (χ4v) is 0. The van der Waals surface area contributed by atoms with E-state index in [1.165, 1.54) is 0 Å². The topological polar surface area (TPSA) is 156 Å². The van der Waals surface area contributed by atoms with Crippen molar-refractivity contribution in [2.24, 2.45) is 0 Å². The normalized spacial score (nSPS) is 9.83. The van der Waals surface area contributed by atoms with Gasteiger partial charge in [0.1, 0.15) is 0 Å². The van der Waals surface area contributed by atoms with E-state index in [2.05, 4.69) is 0 Å². The minimum absolute atomic E-state index is 0. The first-order valence-electron chi connectivity index (χ1n) is 1.57. The van der Waals surface area contributed by atoms with Gasteiger partial charge in [0.25, 0.3) is 0 Å². The molecule has 0 aliphatic heterocycles. The molecule has 0 spiro atoms. The average Bonchev–Trinajstić information content (AvgIpc) is 1.12. The molecule has 0 saturated carbocycles. The molecule has 0 heterocycles. The second kappa shape index (κ2) is 8.91. The summed E-state index contributed by atoms with van der Waals surface area (Å²) in [5.74, 6) is 0. The van der Waals surface area contributed by atoms with Crippen LogP contribution in [0.3, 0.4) is 0 Å². The average molecular weight is 267 g/mol. The Hall–Kier alpha value is 1.34. The van der Waals surface area contributed by atoms with Crippen LogP contribution in [-0.4, -0.2) is 29.4 Å².